The molecule has 2 aromatic rings. The third kappa shape index (κ3) is 3.62. The van der Waals surface area contributed by atoms with Crippen molar-refractivity contribution < 1.29 is 17.6 Å². The van der Waals surface area contributed by atoms with E-state index in [2.05, 4.69) is 10.4 Å². The van der Waals surface area contributed by atoms with E-state index in [9.17, 15) is 17.6 Å². The molecule has 2 heterocycles. The summed E-state index contributed by atoms with van der Waals surface area (Å²) < 4.78 is 54.3. The van der Waals surface area contributed by atoms with E-state index in [1.807, 2.05) is 0 Å². The molecule has 0 unspecified atom stereocenters. The summed E-state index contributed by atoms with van der Waals surface area (Å²) in [6, 6.07) is 4.09. The summed E-state index contributed by atoms with van der Waals surface area (Å²) in [5.41, 5.74) is 0.0147. The van der Waals surface area contributed by atoms with Crippen LogP contribution in [-0.2, 0) is 25.7 Å². The predicted molar refractivity (Wildman–Crippen MR) is 80.4 cm³/mol. The highest BCUT2D eigenvalue weighted by Gasteiger charge is 2.39. The first-order valence-electron chi connectivity index (χ1n) is 6.66. The summed E-state index contributed by atoms with van der Waals surface area (Å²) in [6.45, 7) is 0.688. The molecular formula is C14H13Cl2F4N3. The van der Waals surface area contributed by atoms with E-state index in [0.29, 0.717) is 12.2 Å². The van der Waals surface area contributed by atoms with E-state index < -0.39 is 17.7 Å². The molecule has 23 heavy (non-hydrogen) atoms. The Morgan fingerprint density at radius 2 is 2.04 bits per heavy atom. The molecule has 1 aliphatic rings. The minimum atomic E-state index is -4.51. The molecule has 1 N–H and O–H groups in total. The number of benzene rings is 1. The molecule has 1 aromatic carbocycles. The Morgan fingerprint density at radius 3 is 2.70 bits per heavy atom. The second kappa shape index (κ2) is 6.67. The molecule has 0 bridgehead atoms. The second-order valence-corrected chi connectivity index (χ2v) is 5.53. The fourth-order valence-corrected chi connectivity index (χ4v) is 2.74. The van der Waals surface area contributed by atoms with Gasteiger partial charge < -0.3 is 5.32 Å². The van der Waals surface area contributed by atoms with Crippen LogP contribution in [0.2, 0.25) is 5.02 Å². The van der Waals surface area contributed by atoms with Crippen LogP contribution >= 0.6 is 24.0 Å². The zero-order valence-electron chi connectivity index (χ0n) is 11.8. The van der Waals surface area contributed by atoms with Gasteiger partial charge in [-0.2, -0.15) is 18.3 Å². The average Bonchev–Trinajstić information content (AvgIpc) is 2.81. The zero-order chi connectivity index (χ0) is 15.9. The Balaban J connectivity index is 0.00000192. The lowest BCUT2D eigenvalue weighted by molar-refractivity contribution is -0.142. The number of hydrogen-bond donors (Lipinski definition) is 1. The predicted octanol–water partition coefficient (Wildman–Crippen LogP) is 3.81. The molecule has 0 spiro atoms. The lowest BCUT2D eigenvalue weighted by Gasteiger charge is -2.16. The first-order chi connectivity index (χ1) is 10.4. The van der Waals surface area contributed by atoms with Crippen molar-refractivity contribution in [1.29, 1.82) is 0 Å². The Hall–Kier alpha value is -1.31. The van der Waals surface area contributed by atoms with Gasteiger partial charge in [-0.3, -0.25) is 4.68 Å². The van der Waals surface area contributed by atoms with E-state index in [4.69, 9.17) is 11.6 Å². The summed E-state index contributed by atoms with van der Waals surface area (Å²) >= 11 is 5.68. The van der Waals surface area contributed by atoms with Gasteiger partial charge in [-0.1, -0.05) is 17.7 Å². The van der Waals surface area contributed by atoms with Crippen molar-refractivity contribution in [2.75, 3.05) is 6.54 Å². The van der Waals surface area contributed by atoms with E-state index in [1.165, 1.54) is 16.8 Å². The number of halogens is 6. The quantitative estimate of drug-likeness (QED) is 0.815. The van der Waals surface area contributed by atoms with Crippen molar-refractivity contribution in [3.63, 3.8) is 0 Å². The smallest absolute Gasteiger partial charge is 0.311 e. The molecule has 9 heteroatoms. The van der Waals surface area contributed by atoms with Gasteiger partial charge in [0.2, 0.25) is 0 Å². The van der Waals surface area contributed by atoms with Crippen LogP contribution in [0.5, 0.6) is 0 Å². The maximum Gasteiger partial charge on any atom is 0.435 e. The fraction of sp³-hybridized carbons (Fsp3) is 0.357. The van der Waals surface area contributed by atoms with Crippen LogP contribution in [0.4, 0.5) is 17.6 Å². The number of nitrogens with one attached hydrogen (secondary N) is 1. The van der Waals surface area contributed by atoms with Crippen molar-refractivity contribution in [3.8, 4) is 0 Å². The molecule has 0 atom stereocenters. The monoisotopic (exact) mass is 369 g/mol. The highest BCUT2D eigenvalue weighted by atomic mass is 35.5. The van der Waals surface area contributed by atoms with Gasteiger partial charge in [0.1, 0.15) is 5.82 Å². The largest absolute Gasteiger partial charge is 0.435 e. The fourth-order valence-electron chi connectivity index (χ4n) is 2.58. The Bertz CT molecular complexity index is 713. The molecule has 0 radical (unpaired) electrons. The Kier molecular flexibility index (Phi) is 5.23. The van der Waals surface area contributed by atoms with Crippen molar-refractivity contribution in [1.82, 2.24) is 15.1 Å². The van der Waals surface area contributed by atoms with Gasteiger partial charge in [0.05, 0.1) is 12.2 Å². The number of aromatic nitrogens is 2. The van der Waals surface area contributed by atoms with Crippen molar-refractivity contribution >= 4 is 24.0 Å². The van der Waals surface area contributed by atoms with Gasteiger partial charge in [0.25, 0.3) is 0 Å². The van der Waals surface area contributed by atoms with Gasteiger partial charge in [0.15, 0.2) is 5.69 Å². The SMILES string of the molecule is Cl.Fc1cc(Cl)ccc1Cn1nc(C(F)(F)F)c2c1CNCC2. The molecule has 0 saturated carbocycles. The first-order valence-corrected chi connectivity index (χ1v) is 7.04. The van der Waals surface area contributed by atoms with Gasteiger partial charge in [-0.25, -0.2) is 4.39 Å². The topological polar surface area (TPSA) is 29.9 Å². The molecule has 0 fully saturated rings. The van der Waals surface area contributed by atoms with Gasteiger partial charge in [-0.15, -0.1) is 12.4 Å². The number of rotatable bonds is 2. The number of alkyl halides is 3. The molecule has 126 valence electrons. The van der Waals surface area contributed by atoms with Crippen LogP contribution in [0.15, 0.2) is 18.2 Å². The van der Waals surface area contributed by atoms with E-state index >= 15 is 0 Å². The second-order valence-electron chi connectivity index (χ2n) is 5.09. The maximum absolute atomic E-state index is 13.8. The third-order valence-corrected chi connectivity index (χ3v) is 3.85. The normalized spacial score (nSPS) is 14.3. The molecule has 3 nitrogen and oxygen atoms in total. The Labute approximate surface area is 141 Å². The third-order valence-electron chi connectivity index (χ3n) is 3.61. The summed E-state index contributed by atoms with van der Waals surface area (Å²) in [4.78, 5) is 0. The minimum Gasteiger partial charge on any atom is -0.311 e. The first kappa shape index (κ1) is 18.0. The molecule has 0 amide bonds. The van der Waals surface area contributed by atoms with Crippen LogP contribution in [0.3, 0.4) is 0 Å². The average molecular weight is 370 g/mol. The van der Waals surface area contributed by atoms with E-state index in [-0.39, 0.29) is 48.1 Å². The lowest BCUT2D eigenvalue weighted by atomic mass is 10.1. The molecule has 0 aliphatic carbocycles. The van der Waals surface area contributed by atoms with Crippen LogP contribution in [0.1, 0.15) is 22.5 Å². The number of fused-ring (bicyclic) bond motifs is 1. The zero-order valence-corrected chi connectivity index (χ0v) is 13.3. The maximum atomic E-state index is 13.8. The summed E-state index contributed by atoms with van der Waals surface area (Å²) in [5.74, 6) is -0.561. The van der Waals surface area contributed by atoms with Gasteiger partial charge in [0, 0.05) is 22.7 Å². The molecule has 0 saturated heterocycles. The van der Waals surface area contributed by atoms with Crippen molar-refractivity contribution in [3.05, 3.63) is 51.6 Å². The van der Waals surface area contributed by atoms with Crippen LogP contribution in [0.25, 0.3) is 0 Å². The number of hydrogen-bond acceptors (Lipinski definition) is 2. The minimum absolute atomic E-state index is 0. The molecular weight excluding hydrogens is 357 g/mol. The summed E-state index contributed by atoms with van der Waals surface area (Å²) in [5, 5.41) is 6.92. The Morgan fingerprint density at radius 1 is 1.30 bits per heavy atom. The van der Waals surface area contributed by atoms with Gasteiger partial charge >= 0.3 is 6.18 Å². The van der Waals surface area contributed by atoms with Gasteiger partial charge in [-0.05, 0) is 25.1 Å². The highest BCUT2D eigenvalue weighted by molar-refractivity contribution is 6.30. The van der Waals surface area contributed by atoms with Crippen LogP contribution in [0, 0.1) is 5.82 Å². The molecule has 1 aromatic heterocycles. The summed E-state index contributed by atoms with van der Waals surface area (Å²) in [7, 11) is 0. The summed E-state index contributed by atoms with van der Waals surface area (Å²) in [6.07, 6.45) is -4.25. The molecule has 1 aliphatic heterocycles. The lowest BCUT2D eigenvalue weighted by Crippen LogP contribution is -2.26. The number of nitrogens with zero attached hydrogens (tertiary/aromatic N) is 2. The van der Waals surface area contributed by atoms with Crippen molar-refractivity contribution in [2.45, 2.75) is 25.7 Å². The van der Waals surface area contributed by atoms with E-state index in [1.54, 1.807) is 0 Å². The van der Waals surface area contributed by atoms with E-state index in [0.717, 1.165) is 6.07 Å². The van der Waals surface area contributed by atoms with Crippen LogP contribution in [-0.4, -0.2) is 16.3 Å². The standard InChI is InChI=1S/C14H12ClF4N3.ClH/c15-9-2-1-8(11(16)5-9)7-22-12-6-20-4-3-10(12)13(21-22)14(17,18)19;/h1-2,5,20H,3-4,6-7H2;1H. The highest BCUT2D eigenvalue weighted by Crippen LogP contribution is 2.34. The van der Waals surface area contributed by atoms with Crippen LogP contribution < -0.4 is 5.32 Å². The van der Waals surface area contributed by atoms with Crippen molar-refractivity contribution in [2.24, 2.45) is 0 Å². The molecule has 3 rings (SSSR count).